The molecule has 192 valence electrons. The second-order valence-corrected chi connectivity index (χ2v) is 7.36. The van der Waals surface area contributed by atoms with E-state index in [1.807, 2.05) is 68.0 Å². The Balaban J connectivity index is 0.000000678. The van der Waals surface area contributed by atoms with E-state index >= 15 is 0 Å². The van der Waals surface area contributed by atoms with Crippen molar-refractivity contribution in [1.29, 1.82) is 0 Å². The maximum atomic E-state index is 12.1. The predicted molar refractivity (Wildman–Crippen MR) is 132 cm³/mol. The number of hydrogen-bond donors (Lipinski definition) is 4. The minimum absolute atomic E-state index is 0.0825. The summed E-state index contributed by atoms with van der Waals surface area (Å²) >= 11 is 0. The van der Waals surface area contributed by atoms with Crippen LogP contribution in [0.4, 0.5) is 5.69 Å². The average molecular weight is 499 g/mol. The fourth-order valence-electron chi connectivity index (χ4n) is 2.95. The lowest BCUT2D eigenvalue weighted by Crippen LogP contribution is -2.20. The Hall–Kier alpha value is -4.38. The standard InChI is InChI=1S/C23H28N4O3.C2H2O4/c1-2-29-22-15-19(16-24-11-6-13-27-14-12-25-18-27)9-10-21(22)30-17-23(28)26-20-7-4-3-5-8-20;3-1(4)2(5)6/h3-5,7-10,12,14-15,18,24H,2,6,11,13,16-17H2,1H3,(H,26,28);(H,3,4)(H,5,6). The molecule has 1 amide bonds. The molecule has 0 bridgehead atoms. The third kappa shape index (κ3) is 10.7. The molecule has 11 heteroatoms. The highest BCUT2D eigenvalue weighted by Crippen LogP contribution is 2.28. The van der Waals surface area contributed by atoms with Gasteiger partial charge in [-0.3, -0.25) is 4.79 Å². The van der Waals surface area contributed by atoms with E-state index < -0.39 is 11.9 Å². The Kier molecular flexibility index (Phi) is 12.0. The van der Waals surface area contributed by atoms with Gasteiger partial charge in [0.25, 0.3) is 5.91 Å². The second kappa shape index (κ2) is 15.5. The normalized spacial score (nSPS) is 10.0. The molecule has 0 spiro atoms. The van der Waals surface area contributed by atoms with Crippen LogP contribution >= 0.6 is 0 Å². The molecular formula is C25H30N4O7. The molecular weight excluding hydrogens is 468 g/mol. The summed E-state index contributed by atoms with van der Waals surface area (Å²) in [6, 6.07) is 15.1. The van der Waals surface area contributed by atoms with Gasteiger partial charge in [0.15, 0.2) is 18.1 Å². The fraction of sp³-hybridized carbons (Fsp3) is 0.280. The number of imidazole rings is 1. The highest BCUT2D eigenvalue weighted by Gasteiger charge is 2.10. The van der Waals surface area contributed by atoms with Crippen molar-refractivity contribution in [2.24, 2.45) is 0 Å². The number of para-hydroxylation sites is 1. The number of carboxylic acids is 2. The van der Waals surface area contributed by atoms with Gasteiger partial charge in [0.1, 0.15) is 0 Å². The Morgan fingerprint density at radius 1 is 1.00 bits per heavy atom. The van der Waals surface area contributed by atoms with Gasteiger partial charge in [-0.1, -0.05) is 24.3 Å². The number of aliphatic carboxylic acids is 2. The molecule has 1 heterocycles. The summed E-state index contributed by atoms with van der Waals surface area (Å²) in [4.78, 5) is 34.4. The van der Waals surface area contributed by atoms with E-state index in [1.54, 1.807) is 6.20 Å². The third-order valence-electron chi connectivity index (χ3n) is 4.57. The number of carbonyl (C=O) groups is 3. The van der Waals surface area contributed by atoms with Gasteiger partial charge >= 0.3 is 11.9 Å². The molecule has 0 radical (unpaired) electrons. The number of rotatable bonds is 12. The number of ether oxygens (including phenoxy) is 2. The monoisotopic (exact) mass is 498 g/mol. The third-order valence-corrected chi connectivity index (χ3v) is 4.57. The lowest BCUT2D eigenvalue weighted by Gasteiger charge is -2.14. The summed E-state index contributed by atoms with van der Waals surface area (Å²) in [5.41, 5.74) is 1.84. The second-order valence-electron chi connectivity index (χ2n) is 7.36. The van der Waals surface area contributed by atoms with Crippen LogP contribution in [0.3, 0.4) is 0 Å². The van der Waals surface area contributed by atoms with E-state index in [0.29, 0.717) is 18.1 Å². The largest absolute Gasteiger partial charge is 0.490 e. The number of nitrogens with zero attached hydrogens (tertiary/aromatic N) is 2. The minimum atomic E-state index is -1.82. The van der Waals surface area contributed by atoms with Gasteiger partial charge < -0.3 is 34.9 Å². The number of anilines is 1. The van der Waals surface area contributed by atoms with Gasteiger partial charge in [0, 0.05) is 31.2 Å². The quantitative estimate of drug-likeness (QED) is 0.218. The Morgan fingerprint density at radius 3 is 2.39 bits per heavy atom. The highest BCUT2D eigenvalue weighted by molar-refractivity contribution is 6.27. The number of hydrogen-bond acceptors (Lipinski definition) is 7. The van der Waals surface area contributed by atoms with Crippen molar-refractivity contribution in [3.05, 3.63) is 72.8 Å². The number of nitrogens with one attached hydrogen (secondary N) is 2. The van der Waals surface area contributed by atoms with Gasteiger partial charge in [-0.15, -0.1) is 0 Å². The molecule has 3 aromatic rings. The fourth-order valence-corrected chi connectivity index (χ4v) is 2.95. The average Bonchev–Trinajstić information content (AvgIpc) is 3.38. The van der Waals surface area contributed by atoms with E-state index in [9.17, 15) is 4.79 Å². The van der Waals surface area contributed by atoms with Gasteiger partial charge in [-0.25, -0.2) is 14.6 Å². The number of carbonyl (C=O) groups excluding carboxylic acids is 1. The van der Waals surface area contributed by atoms with Crippen LogP contribution < -0.4 is 20.1 Å². The van der Waals surface area contributed by atoms with Crippen molar-refractivity contribution in [3.63, 3.8) is 0 Å². The van der Waals surface area contributed by atoms with Crippen molar-refractivity contribution in [2.75, 3.05) is 25.1 Å². The molecule has 2 aromatic carbocycles. The molecule has 36 heavy (non-hydrogen) atoms. The molecule has 11 nitrogen and oxygen atoms in total. The lowest BCUT2D eigenvalue weighted by atomic mass is 10.2. The van der Waals surface area contributed by atoms with E-state index in [4.69, 9.17) is 29.3 Å². The summed E-state index contributed by atoms with van der Waals surface area (Å²) in [6.07, 6.45) is 6.60. The molecule has 1 aromatic heterocycles. The first-order valence-electron chi connectivity index (χ1n) is 11.2. The summed E-state index contributed by atoms with van der Waals surface area (Å²) in [5.74, 6) is -2.66. The maximum absolute atomic E-state index is 12.1. The zero-order valence-corrected chi connectivity index (χ0v) is 19.9. The van der Waals surface area contributed by atoms with Crippen LogP contribution in [0.2, 0.25) is 0 Å². The Morgan fingerprint density at radius 2 is 1.75 bits per heavy atom. The van der Waals surface area contributed by atoms with E-state index in [-0.39, 0.29) is 12.5 Å². The van der Waals surface area contributed by atoms with Crippen molar-refractivity contribution < 1.29 is 34.1 Å². The van der Waals surface area contributed by atoms with Gasteiger partial charge in [-0.2, -0.15) is 0 Å². The molecule has 0 aliphatic carbocycles. The molecule has 0 atom stereocenters. The van der Waals surface area contributed by atoms with E-state index in [1.165, 1.54) is 0 Å². The molecule has 0 aliphatic heterocycles. The van der Waals surface area contributed by atoms with E-state index in [0.717, 1.165) is 37.3 Å². The summed E-state index contributed by atoms with van der Waals surface area (Å²) in [6.45, 7) is 4.94. The molecule has 0 saturated carbocycles. The van der Waals surface area contributed by atoms with Crippen molar-refractivity contribution in [2.45, 2.75) is 26.4 Å². The molecule has 0 saturated heterocycles. The number of amides is 1. The number of carboxylic acid groups (broad SMARTS) is 2. The predicted octanol–water partition coefficient (Wildman–Crippen LogP) is 2.63. The number of aryl methyl sites for hydroxylation is 1. The van der Waals surface area contributed by atoms with Crippen LogP contribution in [0.15, 0.2) is 67.3 Å². The van der Waals surface area contributed by atoms with Crippen molar-refractivity contribution in [3.8, 4) is 11.5 Å². The Labute approximate surface area is 208 Å². The number of benzene rings is 2. The smallest absolute Gasteiger partial charge is 0.414 e. The lowest BCUT2D eigenvalue weighted by molar-refractivity contribution is -0.159. The van der Waals surface area contributed by atoms with Crippen LogP contribution in [-0.4, -0.2) is 57.4 Å². The summed E-state index contributed by atoms with van der Waals surface area (Å²) in [5, 5.41) is 21.0. The summed E-state index contributed by atoms with van der Waals surface area (Å²) in [7, 11) is 0. The highest BCUT2D eigenvalue weighted by atomic mass is 16.5. The van der Waals surface area contributed by atoms with Crippen molar-refractivity contribution >= 4 is 23.5 Å². The molecule has 4 N–H and O–H groups in total. The van der Waals surface area contributed by atoms with Gasteiger partial charge in [0.05, 0.1) is 12.9 Å². The molecule has 0 fully saturated rings. The van der Waals surface area contributed by atoms with Crippen LogP contribution in [0, 0.1) is 0 Å². The van der Waals surface area contributed by atoms with Crippen LogP contribution in [0.5, 0.6) is 11.5 Å². The van der Waals surface area contributed by atoms with E-state index in [2.05, 4.69) is 20.2 Å². The number of aromatic nitrogens is 2. The first-order valence-corrected chi connectivity index (χ1v) is 11.2. The maximum Gasteiger partial charge on any atom is 0.414 e. The van der Waals surface area contributed by atoms with Gasteiger partial charge in [0.2, 0.25) is 0 Å². The molecule has 0 aliphatic rings. The topological polar surface area (TPSA) is 152 Å². The summed E-state index contributed by atoms with van der Waals surface area (Å²) < 4.78 is 13.5. The van der Waals surface area contributed by atoms with Crippen LogP contribution in [0.25, 0.3) is 0 Å². The van der Waals surface area contributed by atoms with Crippen LogP contribution in [-0.2, 0) is 27.5 Å². The molecule has 3 rings (SSSR count). The minimum Gasteiger partial charge on any atom is -0.490 e. The van der Waals surface area contributed by atoms with Crippen LogP contribution in [0.1, 0.15) is 18.9 Å². The van der Waals surface area contributed by atoms with Crippen molar-refractivity contribution in [1.82, 2.24) is 14.9 Å². The first kappa shape index (κ1) is 27.9. The van der Waals surface area contributed by atoms with Gasteiger partial charge in [-0.05, 0) is 49.7 Å². The first-order chi connectivity index (χ1) is 17.4. The zero-order chi connectivity index (χ0) is 26.2. The SMILES string of the molecule is CCOc1cc(CNCCCn2ccnc2)ccc1OCC(=O)Nc1ccccc1.O=C(O)C(=O)O. The molecule has 0 unspecified atom stereocenters. The Bertz CT molecular complexity index is 1080. The zero-order valence-electron chi connectivity index (χ0n) is 19.9.